The van der Waals surface area contributed by atoms with Crippen LogP contribution in [0.15, 0.2) is 36.4 Å². The van der Waals surface area contributed by atoms with E-state index in [0.29, 0.717) is 17.5 Å². The topological polar surface area (TPSA) is 69.2 Å². The Bertz CT molecular complexity index is 663. The molecule has 4 aliphatic rings. The van der Waals surface area contributed by atoms with Gasteiger partial charge in [0.15, 0.2) is 0 Å². The largest absolute Gasteiger partial charge is 0.550 e. The summed E-state index contributed by atoms with van der Waals surface area (Å²) in [5, 5.41) is 14.5. The molecule has 1 N–H and O–H groups in total. The average molecular weight is 296 g/mol. The Morgan fingerprint density at radius 3 is 2.23 bits per heavy atom. The van der Waals surface area contributed by atoms with Crippen molar-refractivity contribution in [2.45, 2.75) is 13.3 Å². The van der Waals surface area contributed by atoms with Crippen LogP contribution in [0.25, 0.3) is 0 Å². The molecule has 0 aliphatic heterocycles. The number of fused-ring (bicyclic) bond motifs is 1. The number of carboxylic acids is 1. The van der Waals surface area contributed by atoms with Crippen molar-refractivity contribution < 1.29 is 14.7 Å². The first-order chi connectivity index (χ1) is 10.6. The summed E-state index contributed by atoms with van der Waals surface area (Å²) >= 11 is 0. The van der Waals surface area contributed by atoms with Gasteiger partial charge in [0.05, 0.1) is 5.92 Å². The zero-order valence-corrected chi connectivity index (χ0v) is 12.4. The van der Waals surface area contributed by atoms with Crippen molar-refractivity contribution in [3.05, 3.63) is 42.0 Å². The highest BCUT2D eigenvalue weighted by atomic mass is 16.4. The van der Waals surface area contributed by atoms with E-state index in [1.807, 2.05) is 37.3 Å². The third-order valence-corrected chi connectivity index (χ3v) is 5.55. The Balaban J connectivity index is 1.60. The van der Waals surface area contributed by atoms with Gasteiger partial charge in [-0.2, -0.15) is 0 Å². The molecule has 22 heavy (non-hydrogen) atoms. The van der Waals surface area contributed by atoms with Crippen molar-refractivity contribution in [3.63, 3.8) is 0 Å². The number of anilines is 1. The summed E-state index contributed by atoms with van der Waals surface area (Å²) < 4.78 is 0. The van der Waals surface area contributed by atoms with E-state index in [2.05, 4.69) is 11.4 Å². The lowest BCUT2D eigenvalue weighted by atomic mass is 9.62. The highest BCUT2D eigenvalue weighted by Gasteiger charge is 2.61. The minimum atomic E-state index is -1.09. The molecule has 5 rings (SSSR count). The Kier molecular flexibility index (Phi) is 2.90. The van der Waals surface area contributed by atoms with Crippen LogP contribution in [0.2, 0.25) is 0 Å². The van der Waals surface area contributed by atoms with Crippen LogP contribution in [-0.4, -0.2) is 11.9 Å². The lowest BCUT2D eigenvalue weighted by molar-refractivity contribution is -0.316. The van der Waals surface area contributed by atoms with Gasteiger partial charge in [-0.1, -0.05) is 29.8 Å². The van der Waals surface area contributed by atoms with Gasteiger partial charge in [-0.25, -0.2) is 0 Å². The second kappa shape index (κ2) is 4.70. The number of aliphatic carboxylic acids is 1. The van der Waals surface area contributed by atoms with E-state index >= 15 is 0 Å². The molecular formula is C18H18NO3-. The Morgan fingerprint density at radius 1 is 1.05 bits per heavy atom. The molecule has 4 heteroatoms. The van der Waals surface area contributed by atoms with E-state index < -0.39 is 17.8 Å². The summed E-state index contributed by atoms with van der Waals surface area (Å²) in [5.74, 6) is -1.54. The van der Waals surface area contributed by atoms with Gasteiger partial charge in [-0.05, 0) is 49.1 Å². The number of nitrogens with one attached hydrogen (secondary N) is 1. The number of carboxylic acid groups (broad SMARTS) is 1. The lowest BCUT2D eigenvalue weighted by Gasteiger charge is -2.44. The van der Waals surface area contributed by atoms with Gasteiger partial charge in [0.25, 0.3) is 0 Å². The fourth-order valence-electron chi connectivity index (χ4n) is 4.42. The maximum Gasteiger partial charge on any atom is 0.228 e. The molecule has 6 atom stereocenters. The number of hydrogen-bond donors (Lipinski definition) is 1. The lowest BCUT2D eigenvalue weighted by Crippen LogP contribution is -2.52. The molecule has 4 nitrogen and oxygen atoms in total. The normalized spacial score (nSPS) is 37.5. The summed E-state index contributed by atoms with van der Waals surface area (Å²) in [6.07, 6.45) is 5.09. The molecule has 1 amide bonds. The summed E-state index contributed by atoms with van der Waals surface area (Å²) in [7, 11) is 0. The molecule has 6 unspecified atom stereocenters. The number of carbonyl (C=O) groups excluding carboxylic acids is 2. The van der Waals surface area contributed by atoms with Gasteiger partial charge in [0, 0.05) is 17.6 Å². The molecular weight excluding hydrogens is 278 g/mol. The van der Waals surface area contributed by atoms with Gasteiger partial charge in [-0.15, -0.1) is 0 Å². The third kappa shape index (κ3) is 1.97. The highest BCUT2D eigenvalue weighted by molar-refractivity contribution is 5.96. The minimum Gasteiger partial charge on any atom is -0.550 e. The predicted octanol–water partition coefficient (Wildman–Crippen LogP) is 1.37. The monoisotopic (exact) mass is 296 g/mol. The number of hydrogen-bond acceptors (Lipinski definition) is 3. The van der Waals surface area contributed by atoms with E-state index in [1.165, 1.54) is 0 Å². The molecule has 1 aromatic carbocycles. The highest BCUT2D eigenvalue weighted by Crippen LogP contribution is 2.63. The van der Waals surface area contributed by atoms with Gasteiger partial charge >= 0.3 is 0 Å². The van der Waals surface area contributed by atoms with Crippen molar-refractivity contribution in [1.29, 1.82) is 0 Å². The standard InChI is InChI=1S/C18H19NO3/c1-9-2-4-10(5-3-9)19-17(20)15-11-6-7-12(14-8-13(11)14)16(15)18(21)22/h2-7,11-16H,8H2,1H3,(H,19,20)(H,21,22)/p-1. The molecule has 0 heterocycles. The van der Waals surface area contributed by atoms with Gasteiger partial charge in [0.2, 0.25) is 5.91 Å². The second-order valence-corrected chi connectivity index (χ2v) is 6.83. The van der Waals surface area contributed by atoms with Crippen molar-refractivity contribution in [2.75, 3.05) is 5.32 Å². The van der Waals surface area contributed by atoms with E-state index in [0.717, 1.165) is 12.0 Å². The van der Waals surface area contributed by atoms with Crippen molar-refractivity contribution >= 4 is 17.6 Å². The number of benzene rings is 1. The molecule has 2 bridgehead atoms. The van der Waals surface area contributed by atoms with Crippen LogP contribution in [0.1, 0.15) is 12.0 Å². The fourth-order valence-corrected chi connectivity index (χ4v) is 4.42. The quantitative estimate of drug-likeness (QED) is 0.856. The second-order valence-electron chi connectivity index (χ2n) is 6.83. The fraction of sp³-hybridized carbons (Fsp3) is 0.444. The van der Waals surface area contributed by atoms with Gasteiger partial charge in [-0.3, -0.25) is 4.79 Å². The van der Waals surface area contributed by atoms with Gasteiger partial charge in [0.1, 0.15) is 0 Å². The summed E-state index contributed by atoms with van der Waals surface area (Å²) in [6, 6.07) is 7.54. The summed E-state index contributed by atoms with van der Waals surface area (Å²) in [4.78, 5) is 24.3. The number of carbonyl (C=O) groups is 2. The molecule has 114 valence electrons. The molecule has 0 aromatic heterocycles. The van der Waals surface area contributed by atoms with Crippen LogP contribution in [0.5, 0.6) is 0 Å². The Morgan fingerprint density at radius 2 is 1.64 bits per heavy atom. The Labute approximate surface area is 129 Å². The smallest absolute Gasteiger partial charge is 0.228 e. The average Bonchev–Trinajstić information content (AvgIpc) is 3.30. The van der Waals surface area contributed by atoms with Crippen molar-refractivity contribution in [1.82, 2.24) is 0 Å². The summed E-state index contributed by atoms with van der Waals surface area (Å²) in [6.45, 7) is 1.98. The van der Waals surface area contributed by atoms with E-state index in [1.54, 1.807) is 0 Å². The molecule has 0 saturated heterocycles. The van der Waals surface area contributed by atoms with Crippen LogP contribution in [-0.2, 0) is 9.59 Å². The maximum atomic E-state index is 12.7. The zero-order valence-electron chi connectivity index (χ0n) is 12.4. The van der Waals surface area contributed by atoms with Crippen molar-refractivity contribution in [3.8, 4) is 0 Å². The Hall–Kier alpha value is -2.10. The molecule has 0 spiro atoms. The van der Waals surface area contributed by atoms with Crippen LogP contribution in [0, 0.1) is 42.4 Å². The van der Waals surface area contributed by atoms with Crippen LogP contribution >= 0.6 is 0 Å². The van der Waals surface area contributed by atoms with E-state index in [4.69, 9.17) is 0 Å². The maximum absolute atomic E-state index is 12.7. The van der Waals surface area contributed by atoms with Crippen LogP contribution in [0.4, 0.5) is 5.69 Å². The molecule has 2 saturated carbocycles. The number of allylic oxidation sites excluding steroid dienone is 2. The SMILES string of the molecule is Cc1ccc(NC(=O)C2C3C=CC(C4CC34)C2C(=O)[O-])cc1. The third-order valence-electron chi connectivity index (χ3n) is 5.55. The first-order valence-electron chi connectivity index (χ1n) is 7.83. The van der Waals surface area contributed by atoms with Crippen LogP contribution < -0.4 is 10.4 Å². The molecule has 4 aliphatic carbocycles. The van der Waals surface area contributed by atoms with E-state index in [-0.39, 0.29) is 17.7 Å². The molecule has 1 aromatic rings. The number of amides is 1. The number of aryl methyl sites for hydroxylation is 1. The first kappa shape index (κ1) is 13.6. The number of rotatable bonds is 3. The van der Waals surface area contributed by atoms with Gasteiger partial charge < -0.3 is 15.2 Å². The zero-order chi connectivity index (χ0) is 15.4. The first-order valence-corrected chi connectivity index (χ1v) is 7.83. The minimum absolute atomic E-state index is 0.0335. The van der Waals surface area contributed by atoms with Crippen molar-refractivity contribution in [2.24, 2.45) is 35.5 Å². The predicted molar refractivity (Wildman–Crippen MR) is 79.5 cm³/mol. The molecule has 2 fully saturated rings. The summed E-state index contributed by atoms with van der Waals surface area (Å²) in [5.41, 5.74) is 1.83. The van der Waals surface area contributed by atoms with E-state index in [9.17, 15) is 14.7 Å². The van der Waals surface area contributed by atoms with Crippen LogP contribution in [0.3, 0.4) is 0 Å². The molecule has 0 radical (unpaired) electrons.